The third-order valence-corrected chi connectivity index (χ3v) is 2.61. The maximum atomic E-state index is 11.6. The number of hydrogen-bond donors (Lipinski definition) is 2. The van der Waals surface area contributed by atoms with E-state index in [0.717, 1.165) is 6.42 Å². The first-order chi connectivity index (χ1) is 8.31. The van der Waals surface area contributed by atoms with Gasteiger partial charge in [-0.3, -0.25) is 4.79 Å². The maximum absolute atomic E-state index is 11.6. The molecule has 0 radical (unpaired) electrons. The molecule has 0 aromatic heterocycles. The maximum Gasteiger partial charge on any atom is 0.407 e. The fraction of sp³-hybridized carbons (Fsp3) is 0.833. The van der Waals surface area contributed by atoms with E-state index in [2.05, 4.69) is 15.4 Å². The molecule has 0 unspecified atom stereocenters. The number of hydrogen-bond acceptors (Lipinski definition) is 5. The van der Waals surface area contributed by atoms with Gasteiger partial charge in [0.05, 0.1) is 7.11 Å². The van der Waals surface area contributed by atoms with E-state index >= 15 is 0 Å². The molecule has 0 bridgehead atoms. The van der Waals surface area contributed by atoms with Gasteiger partial charge in [-0.25, -0.2) is 4.79 Å². The van der Waals surface area contributed by atoms with Crippen molar-refractivity contribution in [2.75, 3.05) is 13.7 Å². The van der Waals surface area contributed by atoms with Crippen molar-refractivity contribution in [1.29, 1.82) is 0 Å². The third-order valence-electron chi connectivity index (χ3n) is 2.61. The second-order valence-electron chi connectivity index (χ2n) is 5.40. The molecule has 6 nitrogen and oxygen atoms in total. The second-order valence-corrected chi connectivity index (χ2v) is 5.40. The second kappa shape index (κ2) is 6.04. The highest BCUT2D eigenvalue weighted by molar-refractivity contribution is 5.76. The van der Waals surface area contributed by atoms with E-state index in [1.54, 1.807) is 0 Å². The molecule has 0 aliphatic carbocycles. The summed E-state index contributed by atoms with van der Waals surface area (Å²) in [6.07, 6.45) is 0.844. The van der Waals surface area contributed by atoms with Crippen LogP contribution in [-0.4, -0.2) is 43.4 Å². The molecule has 1 aliphatic rings. The molecule has 0 spiro atoms. The summed E-state index contributed by atoms with van der Waals surface area (Å²) in [5, 5.41) is 5.83. The summed E-state index contributed by atoms with van der Waals surface area (Å²) in [5.41, 5.74) is -0.515. The van der Waals surface area contributed by atoms with E-state index in [-0.39, 0.29) is 18.1 Å². The summed E-state index contributed by atoms with van der Waals surface area (Å²) in [4.78, 5) is 23.0. The molecule has 1 heterocycles. The summed E-state index contributed by atoms with van der Waals surface area (Å²) < 4.78 is 9.85. The summed E-state index contributed by atoms with van der Waals surface area (Å²) in [6.45, 7) is 6.10. The molecule has 18 heavy (non-hydrogen) atoms. The Kier molecular flexibility index (Phi) is 4.95. The van der Waals surface area contributed by atoms with Gasteiger partial charge in [-0.15, -0.1) is 0 Å². The van der Waals surface area contributed by atoms with Gasteiger partial charge in [0, 0.05) is 6.04 Å². The topological polar surface area (TPSA) is 76.7 Å². The smallest absolute Gasteiger partial charge is 0.407 e. The lowest BCUT2D eigenvalue weighted by atomic mass is 10.00. The van der Waals surface area contributed by atoms with Gasteiger partial charge in [-0.05, 0) is 40.2 Å². The molecule has 0 aromatic carbocycles. The van der Waals surface area contributed by atoms with Crippen molar-refractivity contribution in [3.8, 4) is 0 Å². The summed E-state index contributed by atoms with van der Waals surface area (Å²) in [5.74, 6) is -0.300. The molecule has 6 heteroatoms. The standard InChI is InChI=1S/C12H22N2O4/c1-12(2,3)18-11(16)14-8-5-6-13-9(7-8)10(15)17-4/h8-9,13H,5-7H2,1-4H3,(H,14,16)/t8-,9+/m0/s1. The lowest BCUT2D eigenvalue weighted by Gasteiger charge is -2.30. The van der Waals surface area contributed by atoms with Gasteiger partial charge < -0.3 is 20.1 Å². The zero-order valence-electron chi connectivity index (χ0n) is 11.4. The minimum atomic E-state index is -0.515. The Bertz CT molecular complexity index is 312. The molecule has 1 amide bonds. The van der Waals surface area contributed by atoms with E-state index in [1.165, 1.54) is 7.11 Å². The van der Waals surface area contributed by atoms with Crippen LogP contribution in [0.1, 0.15) is 33.6 Å². The number of nitrogens with one attached hydrogen (secondary N) is 2. The predicted molar refractivity (Wildman–Crippen MR) is 66.2 cm³/mol. The van der Waals surface area contributed by atoms with Crippen molar-refractivity contribution in [3.05, 3.63) is 0 Å². The van der Waals surface area contributed by atoms with E-state index in [4.69, 9.17) is 4.74 Å². The monoisotopic (exact) mass is 258 g/mol. The van der Waals surface area contributed by atoms with Crippen LogP contribution in [0.3, 0.4) is 0 Å². The number of piperidine rings is 1. The fourth-order valence-electron chi connectivity index (χ4n) is 1.84. The molecule has 1 fully saturated rings. The lowest BCUT2D eigenvalue weighted by Crippen LogP contribution is -2.51. The van der Waals surface area contributed by atoms with Gasteiger partial charge >= 0.3 is 12.1 Å². The molecular weight excluding hydrogens is 236 g/mol. The van der Waals surface area contributed by atoms with E-state index in [0.29, 0.717) is 13.0 Å². The molecule has 1 rings (SSSR count). The molecule has 104 valence electrons. The Morgan fingerprint density at radius 1 is 1.33 bits per heavy atom. The molecule has 0 saturated carbocycles. The van der Waals surface area contributed by atoms with Crippen molar-refractivity contribution in [1.82, 2.24) is 10.6 Å². The highest BCUT2D eigenvalue weighted by Crippen LogP contribution is 2.12. The first kappa shape index (κ1) is 14.8. The van der Waals surface area contributed by atoms with Gasteiger partial charge in [0.2, 0.25) is 0 Å². The van der Waals surface area contributed by atoms with Gasteiger partial charge in [0.1, 0.15) is 11.6 Å². The minimum Gasteiger partial charge on any atom is -0.468 e. The average molecular weight is 258 g/mol. The first-order valence-corrected chi connectivity index (χ1v) is 6.12. The van der Waals surface area contributed by atoms with Gasteiger partial charge in [-0.2, -0.15) is 0 Å². The van der Waals surface area contributed by atoms with Gasteiger partial charge in [0.25, 0.3) is 0 Å². The van der Waals surface area contributed by atoms with Crippen LogP contribution in [0.4, 0.5) is 4.79 Å². The van der Waals surface area contributed by atoms with Crippen LogP contribution < -0.4 is 10.6 Å². The zero-order chi connectivity index (χ0) is 13.8. The normalized spacial score (nSPS) is 24.2. The molecule has 2 atom stereocenters. The van der Waals surface area contributed by atoms with Crippen molar-refractivity contribution < 1.29 is 19.1 Å². The highest BCUT2D eigenvalue weighted by atomic mass is 16.6. The number of rotatable bonds is 2. The number of amides is 1. The summed E-state index contributed by atoms with van der Waals surface area (Å²) >= 11 is 0. The average Bonchev–Trinajstić information content (AvgIpc) is 2.25. The lowest BCUT2D eigenvalue weighted by molar-refractivity contribution is -0.143. The Balaban J connectivity index is 2.43. The van der Waals surface area contributed by atoms with Gasteiger partial charge in [0.15, 0.2) is 0 Å². The molecular formula is C12H22N2O4. The van der Waals surface area contributed by atoms with Crippen molar-refractivity contribution >= 4 is 12.1 Å². The SMILES string of the molecule is COC(=O)[C@H]1C[C@@H](NC(=O)OC(C)(C)C)CCN1. The third kappa shape index (κ3) is 4.91. The van der Waals surface area contributed by atoms with Crippen molar-refractivity contribution in [3.63, 3.8) is 0 Å². The summed E-state index contributed by atoms with van der Waals surface area (Å²) in [6, 6.07) is -0.422. The Labute approximate surface area is 107 Å². The van der Waals surface area contributed by atoms with Crippen LogP contribution in [-0.2, 0) is 14.3 Å². The van der Waals surface area contributed by atoms with Crippen LogP contribution in [0.25, 0.3) is 0 Å². The van der Waals surface area contributed by atoms with Crippen LogP contribution in [0, 0.1) is 0 Å². The molecule has 2 N–H and O–H groups in total. The van der Waals surface area contributed by atoms with E-state index in [1.807, 2.05) is 20.8 Å². The number of ether oxygens (including phenoxy) is 2. The Morgan fingerprint density at radius 3 is 2.56 bits per heavy atom. The van der Waals surface area contributed by atoms with Gasteiger partial charge in [-0.1, -0.05) is 0 Å². The van der Waals surface area contributed by atoms with Crippen molar-refractivity contribution in [2.45, 2.75) is 51.3 Å². The Morgan fingerprint density at radius 2 is 2.00 bits per heavy atom. The number of methoxy groups -OCH3 is 1. The number of alkyl carbamates (subject to hydrolysis) is 1. The van der Waals surface area contributed by atoms with Crippen LogP contribution in [0.15, 0.2) is 0 Å². The van der Waals surface area contributed by atoms with Crippen LogP contribution in [0.2, 0.25) is 0 Å². The number of esters is 1. The van der Waals surface area contributed by atoms with E-state index < -0.39 is 11.7 Å². The number of carbonyl (C=O) groups is 2. The predicted octanol–water partition coefficient (Wildman–Crippen LogP) is 0.805. The molecule has 1 saturated heterocycles. The van der Waals surface area contributed by atoms with Crippen LogP contribution >= 0.6 is 0 Å². The molecule has 0 aromatic rings. The van der Waals surface area contributed by atoms with E-state index in [9.17, 15) is 9.59 Å². The quantitative estimate of drug-likeness (QED) is 0.717. The molecule has 1 aliphatic heterocycles. The van der Waals surface area contributed by atoms with Crippen molar-refractivity contribution in [2.24, 2.45) is 0 Å². The zero-order valence-corrected chi connectivity index (χ0v) is 11.4. The first-order valence-electron chi connectivity index (χ1n) is 6.12. The minimum absolute atomic E-state index is 0.0646. The fourth-order valence-corrected chi connectivity index (χ4v) is 1.84. The highest BCUT2D eigenvalue weighted by Gasteiger charge is 2.29. The van der Waals surface area contributed by atoms with Crippen LogP contribution in [0.5, 0.6) is 0 Å². The summed E-state index contributed by atoms with van der Waals surface area (Å²) in [7, 11) is 1.36. The largest absolute Gasteiger partial charge is 0.468 e. The Hall–Kier alpha value is -1.30. The number of carbonyl (C=O) groups excluding carboxylic acids is 2.